The third kappa shape index (κ3) is 8.46. The van der Waals surface area contributed by atoms with Crippen molar-refractivity contribution in [2.75, 3.05) is 27.4 Å². The van der Waals surface area contributed by atoms with Gasteiger partial charge in [0.05, 0.1) is 38.7 Å². The van der Waals surface area contributed by atoms with Crippen molar-refractivity contribution in [3.8, 4) is 23.0 Å². The van der Waals surface area contributed by atoms with Crippen LogP contribution in [0.3, 0.4) is 0 Å². The number of benzene rings is 3. The summed E-state index contributed by atoms with van der Waals surface area (Å²) in [6.07, 6.45) is 0.271. The first kappa shape index (κ1) is 34.1. The summed E-state index contributed by atoms with van der Waals surface area (Å²) >= 11 is 3.47. The van der Waals surface area contributed by atoms with Gasteiger partial charge in [-0.15, -0.1) is 0 Å². The predicted molar refractivity (Wildman–Crippen MR) is 170 cm³/mol. The summed E-state index contributed by atoms with van der Waals surface area (Å²) < 4.78 is 42.3. The molecule has 0 saturated heterocycles. The summed E-state index contributed by atoms with van der Waals surface area (Å²) in [6, 6.07) is 13.4. The van der Waals surface area contributed by atoms with Crippen LogP contribution in [-0.2, 0) is 16.1 Å². The van der Waals surface area contributed by atoms with E-state index in [-0.39, 0.29) is 24.6 Å². The molecule has 2 amide bonds. The lowest BCUT2D eigenvalue weighted by Gasteiger charge is -2.28. The zero-order valence-corrected chi connectivity index (χ0v) is 27.1. The molecule has 0 spiro atoms. The molecular formula is C32H34BrFN4O8. The molecule has 12 nitrogen and oxygen atoms in total. The topological polar surface area (TPSA) is 149 Å². The van der Waals surface area contributed by atoms with Crippen LogP contribution in [0.4, 0.5) is 9.18 Å². The molecule has 3 aromatic carbocycles. The van der Waals surface area contributed by atoms with Crippen LogP contribution in [0.1, 0.15) is 36.6 Å². The number of methoxy groups -OCH3 is 2. The number of esters is 1. The number of carbonyl (C=O) groups is 2. The Bertz CT molecular complexity index is 1630. The number of aliphatic hydroxyl groups excluding tert-OH is 1. The van der Waals surface area contributed by atoms with E-state index in [1.807, 2.05) is 0 Å². The van der Waals surface area contributed by atoms with Gasteiger partial charge < -0.3 is 39.4 Å². The Morgan fingerprint density at radius 3 is 2.57 bits per heavy atom. The summed E-state index contributed by atoms with van der Waals surface area (Å²) in [4.78, 5) is 24.6. The zero-order valence-electron chi connectivity index (χ0n) is 25.6. The minimum absolute atomic E-state index is 0.0181. The highest BCUT2D eigenvalue weighted by molar-refractivity contribution is 9.10. The van der Waals surface area contributed by atoms with Crippen molar-refractivity contribution in [3.05, 3.63) is 92.8 Å². The van der Waals surface area contributed by atoms with E-state index in [2.05, 4.69) is 37.1 Å². The van der Waals surface area contributed by atoms with Gasteiger partial charge in [-0.1, -0.05) is 24.3 Å². The molecule has 0 aliphatic carbocycles. The van der Waals surface area contributed by atoms with E-state index in [0.29, 0.717) is 56.5 Å². The predicted octanol–water partition coefficient (Wildman–Crippen LogP) is 4.70. The van der Waals surface area contributed by atoms with Crippen molar-refractivity contribution in [2.45, 2.75) is 32.7 Å². The fourth-order valence-corrected chi connectivity index (χ4v) is 4.93. The maximum Gasteiger partial charge on any atom is 0.337 e. The fourth-order valence-electron chi connectivity index (χ4n) is 4.51. The minimum Gasteiger partial charge on any atom is -0.493 e. The second kappa shape index (κ2) is 16.0. The number of allylic oxidation sites excluding steroid dienone is 1. The summed E-state index contributed by atoms with van der Waals surface area (Å²) in [7, 11) is 2.75. The normalized spacial score (nSPS) is 15.1. The van der Waals surface area contributed by atoms with Crippen LogP contribution < -0.4 is 35.0 Å². The molecule has 2 atom stereocenters. The Morgan fingerprint density at radius 1 is 1.09 bits per heavy atom. The molecule has 1 aliphatic heterocycles. The van der Waals surface area contributed by atoms with Crippen molar-refractivity contribution in [1.29, 1.82) is 0 Å². The molecular weight excluding hydrogens is 667 g/mol. The van der Waals surface area contributed by atoms with Gasteiger partial charge in [-0.05, 0) is 65.7 Å². The third-order valence-electron chi connectivity index (χ3n) is 6.72. The molecule has 0 unspecified atom stereocenters. The number of hydrazone groups is 1. The number of nitrogens with one attached hydrogen (secondary N) is 3. The highest BCUT2D eigenvalue weighted by Gasteiger charge is 2.32. The van der Waals surface area contributed by atoms with Crippen molar-refractivity contribution in [1.82, 2.24) is 16.1 Å². The van der Waals surface area contributed by atoms with Gasteiger partial charge in [0.2, 0.25) is 0 Å². The third-order valence-corrected chi connectivity index (χ3v) is 7.41. The molecule has 3 aromatic rings. The van der Waals surface area contributed by atoms with Crippen molar-refractivity contribution in [2.24, 2.45) is 5.10 Å². The summed E-state index contributed by atoms with van der Waals surface area (Å²) in [6.45, 7) is 3.55. The number of rotatable bonds is 14. The molecule has 0 fully saturated rings. The fraction of sp³-hybridized carbons (Fsp3) is 0.281. The standard InChI is InChI=1S/C32H34BrFN4O8/c1-5-44-26-12-19(30-29(31(40)43-4)18(2)36-32(41)37-30)10-11-24(26)46-17-28(39)38-35-15-21-13-25(42-3)27(14-22(21)33)45-16-20-8-6-7-9-23(20)34/h6-15,28,30,38-39H,5,16-17H2,1-4H3,(H2,36,37,41)/b35-15-/t28-,30-/m0/s1. The van der Waals surface area contributed by atoms with Crippen LogP contribution >= 0.6 is 15.9 Å². The number of hydrogen-bond acceptors (Lipinski definition) is 10. The van der Waals surface area contributed by atoms with Crippen LogP contribution in [0, 0.1) is 5.82 Å². The average Bonchev–Trinajstić information content (AvgIpc) is 3.04. The van der Waals surface area contributed by atoms with E-state index in [1.165, 1.54) is 26.5 Å². The van der Waals surface area contributed by atoms with Gasteiger partial charge in [0, 0.05) is 21.3 Å². The molecule has 0 radical (unpaired) electrons. The smallest absolute Gasteiger partial charge is 0.337 e. The van der Waals surface area contributed by atoms with Crippen LogP contribution in [-0.4, -0.2) is 57.0 Å². The van der Waals surface area contributed by atoms with E-state index in [1.54, 1.807) is 62.4 Å². The maximum atomic E-state index is 14.0. The molecule has 14 heteroatoms. The molecule has 1 heterocycles. The number of hydrogen-bond donors (Lipinski definition) is 4. The second-order valence-corrected chi connectivity index (χ2v) is 10.7. The molecule has 0 bridgehead atoms. The lowest BCUT2D eigenvalue weighted by atomic mass is 9.95. The highest BCUT2D eigenvalue weighted by Crippen LogP contribution is 2.35. The number of aliphatic hydroxyl groups is 1. The second-order valence-electron chi connectivity index (χ2n) is 9.82. The number of carbonyl (C=O) groups excluding carboxylic acids is 2. The van der Waals surface area contributed by atoms with Gasteiger partial charge in [-0.2, -0.15) is 5.10 Å². The van der Waals surface area contributed by atoms with E-state index < -0.39 is 24.3 Å². The first-order valence-electron chi connectivity index (χ1n) is 14.1. The Balaban J connectivity index is 1.39. The lowest BCUT2D eigenvalue weighted by molar-refractivity contribution is -0.136. The van der Waals surface area contributed by atoms with Gasteiger partial charge in [-0.3, -0.25) is 5.43 Å². The molecule has 244 valence electrons. The van der Waals surface area contributed by atoms with Gasteiger partial charge in [0.25, 0.3) is 0 Å². The summed E-state index contributed by atoms with van der Waals surface area (Å²) in [5.74, 6) is 0.538. The van der Waals surface area contributed by atoms with Gasteiger partial charge >= 0.3 is 12.0 Å². The maximum absolute atomic E-state index is 14.0. The molecule has 4 rings (SSSR count). The van der Waals surface area contributed by atoms with Crippen molar-refractivity contribution < 1.29 is 42.8 Å². The van der Waals surface area contributed by atoms with Crippen molar-refractivity contribution >= 4 is 34.1 Å². The first-order chi connectivity index (χ1) is 22.1. The Hall–Kier alpha value is -4.82. The first-order valence-corrected chi connectivity index (χ1v) is 14.9. The Morgan fingerprint density at radius 2 is 1.85 bits per heavy atom. The highest BCUT2D eigenvalue weighted by atomic mass is 79.9. The summed E-state index contributed by atoms with van der Waals surface area (Å²) in [5, 5.41) is 19.9. The van der Waals surface area contributed by atoms with Crippen LogP contribution in [0.2, 0.25) is 0 Å². The Labute approximate surface area is 273 Å². The van der Waals surface area contributed by atoms with E-state index >= 15 is 0 Å². The molecule has 46 heavy (non-hydrogen) atoms. The van der Waals surface area contributed by atoms with Crippen LogP contribution in [0.5, 0.6) is 23.0 Å². The van der Waals surface area contributed by atoms with E-state index in [9.17, 15) is 19.1 Å². The zero-order chi connectivity index (χ0) is 33.2. The van der Waals surface area contributed by atoms with Gasteiger partial charge in [0.1, 0.15) is 19.0 Å². The number of ether oxygens (including phenoxy) is 5. The number of halogens is 2. The largest absolute Gasteiger partial charge is 0.493 e. The van der Waals surface area contributed by atoms with E-state index in [0.717, 1.165) is 0 Å². The van der Waals surface area contributed by atoms with Crippen LogP contribution in [0.25, 0.3) is 0 Å². The number of nitrogens with zero attached hydrogens (tertiary/aromatic N) is 1. The minimum atomic E-state index is -1.20. The average molecular weight is 702 g/mol. The van der Waals surface area contributed by atoms with Crippen LogP contribution in [0.15, 0.2) is 75.4 Å². The number of amides is 2. The molecule has 4 N–H and O–H groups in total. The summed E-state index contributed by atoms with van der Waals surface area (Å²) in [5.41, 5.74) is 4.82. The molecule has 0 saturated carbocycles. The molecule has 0 aromatic heterocycles. The Kier molecular flexibility index (Phi) is 11.8. The van der Waals surface area contributed by atoms with E-state index in [4.69, 9.17) is 23.7 Å². The lowest BCUT2D eigenvalue weighted by Crippen LogP contribution is -2.45. The van der Waals surface area contributed by atoms with Crippen molar-refractivity contribution in [3.63, 3.8) is 0 Å². The van der Waals surface area contributed by atoms with Gasteiger partial charge in [-0.25, -0.2) is 14.0 Å². The molecule has 1 aliphatic rings. The van der Waals surface area contributed by atoms with Gasteiger partial charge in [0.15, 0.2) is 29.2 Å². The SMILES string of the molecule is CCOc1cc([C@@H]2NC(=O)NC(C)=C2C(=O)OC)ccc1OC[C@H](O)N/N=C\c1cc(OC)c(OCc2ccccc2F)cc1Br. The quantitative estimate of drug-likeness (QED) is 0.0813. The monoisotopic (exact) mass is 700 g/mol. The number of urea groups is 1.